The molecular formula is C10H15N3O3. The van der Waals surface area contributed by atoms with Gasteiger partial charge in [-0.2, -0.15) is 0 Å². The van der Waals surface area contributed by atoms with Gasteiger partial charge >= 0.3 is 0 Å². The highest BCUT2D eigenvalue weighted by Crippen LogP contribution is 2.28. The van der Waals surface area contributed by atoms with Crippen molar-refractivity contribution in [1.29, 1.82) is 0 Å². The number of nitro benzene ring substituents is 1. The summed E-state index contributed by atoms with van der Waals surface area (Å²) < 4.78 is 4.93. The number of nitrogens with zero attached hydrogens (tertiary/aromatic N) is 1. The van der Waals surface area contributed by atoms with Gasteiger partial charge in [0.15, 0.2) is 0 Å². The molecule has 0 atom stereocenters. The number of nitro groups is 1. The fourth-order valence-corrected chi connectivity index (χ4v) is 1.26. The van der Waals surface area contributed by atoms with Crippen LogP contribution >= 0.6 is 0 Å². The third-order valence-electron chi connectivity index (χ3n) is 2.10. The zero-order valence-corrected chi connectivity index (χ0v) is 9.10. The second-order valence-corrected chi connectivity index (χ2v) is 3.21. The smallest absolute Gasteiger partial charge is 0.296 e. The molecule has 0 heterocycles. The first kappa shape index (κ1) is 12.3. The van der Waals surface area contributed by atoms with Crippen LogP contribution in [0.2, 0.25) is 0 Å². The van der Waals surface area contributed by atoms with Crippen molar-refractivity contribution < 1.29 is 9.66 Å². The Bertz CT molecular complexity index is 368. The standard InChI is InChI=1S/C10H15N3O3/c1-16-8-3-4-9(12-6-2-5-11)10(7-8)13(14)15/h3-4,7,12H,2,5-6,11H2,1H3. The molecule has 0 bridgehead atoms. The third-order valence-corrected chi connectivity index (χ3v) is 2.10. The fraction of sp³-hybridized carbons (Fsp3) is 0.400. The molecule has 0 fully saturated rings. The van der Waals surface area contributed by atoms with Crippen LogP contribution in [0.25, 0.3) is 0 Å². The molecule has 0 aromatic heterocycles. The highest BCUT2D eigenvalue weighted by atomic mass is 16.6. The zero-order chi connectivity index (χ0) is 12.0. The molecule has 0 aliphatic rings. The van der Waals surface area contributed by atoms with Gasteiger partial charge in [-0.1, -0.05) is 0 Å². The van der Waals surface area contributed by atoms with Crippen molar-refractivity contribution in [3.63, 3.8) is 0 Å². The minimum atomic E-state index is -0.437. The number of anilines is 1. The number of hydrogen-bond acceptors (Lipinski definition) is 5. The van der Waals surface area contributed by atoms with E-state index in [4.69, 9.17) is 10.5 Å². The molecule has 6 heteroatoms. The number of ether oxygens (including phenoxy) is 1. The normalized spacial score (nSPS) is 9.88. The SMILES string of the molecule is COc1ccc(NCCCN)c([N+](=O)[O-])c1. The molecule has 0 aliphatic carbocycles. The molecule has 1 rings (SSSR count). The van der Waals surface area contributed by atoms with Crippen LogP contribution in [0.4, 0.5) is 11.4 Å². The van der Waals surface area contributed by atoms with Crippen LogP contribution in [0.5, 0.6) is 5.75 Å². The largest absolute Gasteiger partial charge is 0.496 e. The zero-order valence-electron chi connectivity index (χ0n) is 9.10. The summed E-state index contributed by atoms with van der Waals surface area (Å²) in [6.45, 7) is 1.17. The van der Waals surface area contributed by atoms with Crippen molar-refractivity contribution in [3.05, 3.63) is 28.3 Å². The van der Waals surface area contributed by atoms with E-state index in [1.807, 2.05) is 0 Å². The van der Waals surface area contributed by atoms with E-state index in [-0.39, 0.29) is 5.69 Å². The second kappa shape index (κ2) is 5.92. The molecule has 1 aromatic rings. The number of nitrogens with one attached hydrogen (secondary N) is 1. The minimum Gasteiger partial charge on any atom is -0.496 e. The van der Waals surface area contributed by atoms with Crippen molar-refractivity contribution in [2.24, 2.45) is 5.73 Å². The van der Waals surface area contributed by atoms with Crippen LogP contribution in [0.3, 0.4) is 0 Å². The Balaban J connectivity index is 2.85. The highest BCUT2D eigenvalue weighted by molar-refractivity contribution is 5.63. The number of rotatable bonds is 6. The van der Waals surface area contributed by atoms with E-state index >= 15 is 0 Å². The summed E-state index contributed by atoms with van der Waals surface area (Å²) >= 11 is 0. The van der Waals surface area contributed by atoms with Crippen molar-refractivity contribution in [2.45, 2.75) is 6.42 Å². The maximum absolute atomic E-state index is 10.8. The van der Waals surface area contributed by atoms with Gasteiger partial charge in [0.1, 0.15) is 11.4 Å². The van der Waals surface area contributed by atoms with Gasteiger partial charge in [-0.05, 0) is 25.1 Å². The maximum atomic E-state index is 10.8. The average molecular weight is 225 g/mol. The van der Waals surface area contributed by atoms with Gasteiger partial charge in [0, 0.05) is 6.54 Å². The maximum Gasteiger partial charge on any atom is 0.296 e. The Morgan fingerprint density at radius 3 is 2.88 bits per heavy atom. The van der Waals surface area contributed by atoms with Gasteiger partial charge in [0.25, 0.3) is 5.69 Å². The van der Waals surface area contributed by atoms with Crippen LogP contribution in [-0.4, -0.2) is 25.1 Å². The fourth-order valence-electron chi connectivity index (χ4n) is 1.26. The lowest BCUT2D eigenvalue weighted by Gasteiger charge is -2.07. The summed E-state index contributed by atoms with van der Waals surface area (Å²) in [7, 11) is 1.47. The quantitative estimate of drug-likeness (QED) is 0.433. The number of methoxy groups -OCH3 is 1. The Morgan fingerprint density at radius 2 is 2.31 bits per heavy atom. The van der Waals surface area contributed by atoms with Gasteiger partial charge < -0.3 is 15.8 Å². The number of nitrogens with two attached hydrogens (primary N) is 1. The third kappa shape index (κ3) is 3.09. The first-order valence-corrected chi connectivity index (χ1v) is 4.95. The summed E-state index contributed by atoms with van der Waals surface area (Å²) in [6.07, 6.45) is 0.767. The number of benzene rings is 1. The van der Waals surface area contributed by atoms with Gasteiger partial charge in [-0.25, -0.2) is 0 Å². The summed E-state index contributed by atoms with van der Waals surface area (Å²) in [5, 5.41) is 13.8. The first-order chi connectivity index (χ1) is 7.69. The highest BCUT2D eigenvalue weighted by Gasteiger charge is 2.14. The van der Waals surface area contributed by atoms with E-state index in [2.05, 4.69) is 5.32 Å². The van der Waals surface area contributed by atoms with Crippen molar-refractivity contribution in [3.8, 4) is 5.75 Å². The predicted octanol–water partition coefficient (Wildman–Crippen LogP) is 1.36. The Kier molecular flexibility index (Phi) is 4.53. The second-order valence-electron chi connectivity index (χ2n) is 3.21. The molecule has 0 spiro atoms. The molecular weight excluding hydrogens is 210 g/mol. The number of hydrogen-bond donors (Lipinski definition) is 2. The molecule has 0 saturated heterocycles. The average Bonchev–Trinajstić information content (AvgIpc) is 2.29. The molecule has 6 nitrogen and oxygen atoms in total. The summed E-state index contributed by atoms with van der Waals surface area (Å²) in [5.74, 6) is 0.469. The van der Waals surface area contributed by atoms with Gasteiger partial charge in [-0.15, -0.1) is 0 Å². The molecule has 0 saturated carbocycles. The lowest BCUT2D eigenvalue weighted by atomic mass is 10.2. The van der Waals surface area contributed by atoms with E-state index in [1.54, 1.807) is 12.1 Å². The van der Waals surface area contributed by atoms with Gasteiger partial charge in [-0.3, -0.25) is 10.1 Å². The molecule has 0 aliphatic heterocycles. The van der Waals surface area contributed by atoms with Crippen molar-refractivity contribution >= 4 is 11.4 Å². The van der Waals surface area contributed by atoms with Crippen LogP contribution in [0.1, 0.15) is 6.42 Å². The topological polar surface area (TPSA) is 90.4 Å². The van der Waals surface area contributed by atoms with Crippen molar-refractivity contribution in [1.82, 2.24) is 0 Å². The predicted molar refractivity (Wildman–Crippen MR) is 61.8 cm³/mol. The summed E-state index contributed by atoms with van der Waals surface area (Å²) in [5.41, 5.74) is 5.84. The van der Waals surface area contributed by atoms with E-state index in [0.29, 0.717) is 24.5 Å². The van der Waals surface area contributed by atoms with Crippen LogP contribution in [0.15, 0.2) is 18.2 Å². The molecule has 0 unspecified atom stereocenters. The molecule has 1 aromatic carbocycles. The Morgan fingerprint density at radius 1 is 1.56 bits per heavy atom. The summed E-state index contributed by atoms with van der Waals surface area (Å²) in [6, 6.07) is 4.70. The lowest BCUT2D eigenvalue weighted by molar-refractivity contribution is -0.384. The van der Waals surface area contributed by atoms with Crippen LogP contribution in [0, 0.1) is 10.1 Å². The lowest BCUT2D eigenvalue weighted by Crippen LogP contribution is -2.09. The van der Waals surface area contributed by atoms with E-state index in [9.17, 15) is 10.1 Å². The molecule has 3 N–H and O–H groups in total. The summed E-state index contributed by atoms with van der Waals surface area (Å²) in [4.78, 5) is 10.4. The molecule has 16 heavy (non-hydrogen) atoms. The molecule has 0 radical (unpaired) electrons. The van der Waals surface area contributed by atoms with Crippen LogP contribution < -0.4 is 15.8 Å². The Hall–Kier alpha value is -1.82. The van der Waals surface area contributed by atoms with Gasteiger partial charge in [0.2, 0.25) is 0 Å². The molecule has 88 valence electrons. The van der Waals surface area contributed by atoms with E-state index < -0.39 is 4.92 Å². The van der Waals surface area contributed by atoms with Gasteiger partial charge in [0.05, 0.1) is 18.1 Å². The molecule has 0 amide bonds. The minimum absolute atomic E-state index is 0.0105. The van der Waals surface area contributed by atoms with Crippen LogP contribution in [-0.2, 0) is 0 Å². The van der Waals surface area contributed by atoms with E-state index in [0.717, 1.165) is 6.42 Å². The first-order valence-electron chi connectivity index (χ1n) is 4.95. The monoisotopic (exact) mass is 225 g/mol. The van der Waals surface area contributed by atoms with E-state index in [1.165, 1.54) is 13.2 Å². The van der Waals surface area contributed by atoms with Crippen molar-refractivity contribution in [2.75, 3.05) is 25.5 Å². The Labute approximate surface area is 93.5 Å².